The van der Waals surface area contributed by atoms with Gasteiger partial charge >= 0.3 is 193 Å². The van der Waals surface area contributed by atoms with Crippen LogP contribution in [-0.4, -0.2) is 12.0 Å². The average Bonchev–Trinajstić information content (AvgIpc) is 3.25. The fraction of sp³-hybridized carbons (Fsp3) is 0.282. The van der Waals surface area contributed by atoms with E-state index < -0.39 is 26.9 Å². The first-order chi connectivity index (χ1) is 20.5. The largest absolute Gasteiger partial charge is 0.0622 e. The van der Waals surface area contributed by atoms with Crippen LogP contribution in [0.15, 0.2) is 141 Å². The molecule has 1 nitrogen and oxygen atoms in total. The SMILES string of the molecule is CC1=C(C)C(C)[C]([Hf]([NH]C2CCCCC2)[SiH](c2ccccc2)c2ccccc2)=C1C.c1ccc(-c2ccccc2)cc1. The first-order valence-electron chi connectivity index (χ1n) is 15.8. The summed E-state index contributed by atoms with van der Waals surface area (Å²) in [5.41, 5.74) is 7.37. The minimum absolute atomic E-state index is 0.630. The Morgan fingerprint density at radius 2 is 1.00 bits per heavy atom. The summed E-state index contributed by atoms with van der Waals surface area (Å²) >= 11 is -2.38. The van der Waals surface area contributed by atoms with E-state index in [4.69, 9.17) is 0 Å². The van der Waals surface area contributed by atoms with Crippen molar-refractivity contribution in [2.75, 3.05) is 0 Å². The van der Waals surface area contributed by atoms with Gasteiger partial charge in [-0.1, -0.05) is 60.7 Å². The molecule has 0 radical (unpaired) electrons. The number of hydrogen-bond donors (Lipinski definition) is 1. The predicted molar refractivity (Wildman–Crippen MR) is 181 cm³/mol. The maximum absolute atomic E-state index is 4.49. The molecule has 215 valence electrons. The quantitative estimate of drug-likeness (QED) is 0.188. The molecule has 1 unspecified atom stereocenters. The molecule has 6 rings (SSSR count). The van der Waals surface area contributed by atoms with Crippen LogP contribution < -0.4 is 13.7 Å². The van der Waals surface area contributed by atoms with Crippen molar-refractivity contribution in [2.24, 2.45) is 5.92 Å². The monoisotopic (exact) mass is 736 g/mol. The van der Waals surface area contributed by atoms with Gasteiger partial charge in [0.05, 0.1) is 0 Å². The second-order valence-corrected chi connectivity index (χ2v) is 31.0. The van der Waals surface area contributed by atoms with Crippen molar-refractivity contribution < 1.29 is 20.9 Å². The Bertz CT molecular complexity index is 1380. The molecule has 0 aromatic heterocycles. The van der Waals surface area contributed by atoms with Gasteiger partial charge in [-0.3, -0.25) is 0 Å². The minimum atomic E-state index is -2.38. The maximum atomic E-state index is 4.49. The predicted octanol–water partition coefficient (Wildman–Crippen LogP) is 8.59. The summed E-state index contributed by atoms with van der Waals surface area (Å²) in [7, 11) is 0. The van der Waals surface area contributed by atoms with Gasteiger partial charge in [0.2, 0.25) is 0 Å². The minimum Gasteiger partial charge on any atom is -0.0622 e. The summed E-state index contributed by atoms with van der Waals surface area (Å²) in [5, 5.41) is 3.29. The van der Waals surface area contributed by atoms with Crippen molar-refractivity contribution in [3.05, 3.63) is 141 Å². The molecule has 1 N–H and O–H groups in total. The second-order valence-electron chi connectivity index (χ2n) is 11.9. The molecule has 2 aliphatic carbocycles. The molecule has 0 aliphatic heterocycles. The van der Waals surface area contributed by atoms with Crippen LogP contribution in [0.25, 0.3) is 11.1 Å². The number of nitrogens with one attached hydrogen (secondary N) is 1. The van der Waals surface area contributed by atoms with Crippen LogP contribution >= 0.6 is 0 Å². The third-order valence-corrected chi connectivity index (χ3v) is 36.9. The molecule has 2 aliphatic rings. The molecular weight excluding hydrogens is 689 g/mol. The summed E-state index contributed by atoms with van der Waals surface area (Å²) < 4.78 is 6.37. The molecular formula is C39H46HfNSi. The standard InChI is InChI=1S/C12H11Si.C12H10.C9H13.C6H12N.Hf/c1-3-7-11(8-4-1)13-12-9-5-2-6-10-12;1-3-7-11(8-4-1)12-9-5-2-6-10-12;1-6-5-7(2)9(4)8(6)3;7-6-4-2-1-3-5-6;/h1-10,13H;1-10H;6H,1-4H3;6-7H,1-5H2;/q;;;-1;+1. The zero-order valence-electron chi connectivity index (χ0n) is 25.8. The smallest absolute Gasteiger partial charge is 0.0184 e. The van der Waals surface area contributed by atoms with E-state index in [-0.39, 0.29) is 0 Å². The Morgan fingerprint density at radius 1 is 0.571 bits per heavy atom. The van der Waals surface area contributed by atoms with E-state index in [2.05, 4.69) is 140 Å². The van der Waals surface area contributed by atoms with E-state index in [9.17, 15) is 0 Å². The summed E-state index contributed by atoms with van der Waals surface area (Å²) in [4.78, 5) is 0. The molecule has 1 fully saturated rings. The van der Waals surface area contributed by atoms with Gasteiger partial charge in [0.25, 0.3) is 0 Å². The molecule has 42 heavy (non-hydrogen) atoms. The Kier molecular flexibility index (Phi) is 11.2. The van der Waals surface area contributed by atoms with Crippen molar-refractivity contribution in [1.82, 2.24) is 3.30 Å². The Hall–Kier alpha value is -2.59. The van der Waals surface area contributed by atoms with Crippen LogP contribution in [0.2, 0.25) is 0 Å². The fourth-order valence-corrected chi connectivity index (χ4v) is 39.4. The van der Waals surface area contributed by atoms with E-state index in [1.165, 1.54) is 43.2 Å². The fourth-order valence-electron chi connectivity index (χ4n) is 6.66. The van der Waals surface area contributed by atoms with Crippen LogP contribution in [0.4, 0.5) is 0 Å². The Morgan fingerprint density at radius 3 is 1.40 bits per heavy atom. The first-order valence-corrected chi connectivity index (χ1v) is 27.3. The molecule has 3 heteroatoms. The first kappa shape index (κ1) is 30.9. The molecule has 0 amide bonds. The van der Waals surface area contributed by atoms with Crippen LogP contribution in [0, 0.1) is 5.92 Å². The van der Waals surface area contributed by atoms with E-state index in [1.54, 1.807) is 27.1 Å². The van der Waals surface area contributed by atoms with Gasteiger partial charge in [-0.15, -0.1) is 0 Å². The van der Waals surface area contributed by atoms with Crippen LogP contribution in [0.5, 0.6) is 0 Å². The van der Waals surface area contributed by atoms with Crippen LogP contribution in [0.1, 0.15) is 59.8 Å². The summed E-state index contributed by atoms with van der Waals surface area (Å²) in [6, 6.07) is 44.6. The molecule has 0 spiro atoms. The zero-order chi connectivity index (χ0) is 29.3. The van der Waals surface area contributed by atoms with E-state index in [0.717, 1.165) is 6.04 Å². The van der Waals surface area contributed by atoms with Crippen LogP contribution in [0.3, 0.4) is 0 Å². The van der Waals surface area contributed by atoms with Crippen LogP contribution in [-0.2, 0) is 20.9 Å². The topological polar surface area (TPSA) is 12.0 Å². The zero-order valence-corrected chi connectivity index (χ0v) is 30.6. The van der Waals surface area contributed by atoms with E-state index in [0.29, 0.717) is 5.92 Å². The van der Waals surface area contributed by atoms with Gasteiger partial charge < -0.3 is 0 Å². The molecule has 1 atom stereocenters. The number of allylic oxidation sites excluding steroid dienone is 4. The van der Waals surface area contributed by atoms with Gasteiger partial charge in [-0.05, 0) is 11.1 Å². The maximum Gasteiger partial charge on any atom is -0.0184 e. The molecule has 0 saturated heterocycles. The molecule has 1 saturated carbocycles. The number of hydrogen-bond acceptors (Lipinski definition) is 1. The number of rotatable bonds is 7. The molecule has 4 aromatic carbocycles. The van der Waals surface area contributed by atoms with Gasteiger partial charge in [0, 0.05) is 0 Å². The van der Waals surface area contributed by atoms with Crippen molar-refractivity contribution in [1.29, 1.82) is 0 Å². The summed E-state index contributed by atoms with van der Waals surface area (Å²) in [6.07, 6.45) is 7.00. The molecule has 0 heterocycles. The Labute approximate surface area is 263 Å². The van der Waals surface area contributed by atoms with Crippen molar-refractivity contribution in [3.63, 3.8) is 0 Å². The third-order valence-electron chi connectivity index (χ3n) is 9.33. The Balaban J connectivity index is 0.000000244. The normalized spacial score (nSPS) is 17.3. The molecule has 4 aromatic rings. The van der Waals surface area contributed by atoms with Gasteiger partial charge in [-0.2, -0.15) is 0 Å². The number of benzene rings is 4. The van der Waals surface area contributed by atoms with Crippen molar-refractivity contribution >= 4 is 16.4 Å². The molecule has 0 bridgehead atoms. The third kappa shape index (κ3) is 7.48. The summed E-state index contributed by atoms with van der Waals surface area (Å²) in [5.74, 6) is -0.673. The van der Waals surface area contributed by atoms with Crippen molar-refractivity contribution in [3.8, 4) is 11.1 Å². The average molecular weight is 735 g/mol. The van der Waals surface area contributed by atoms with Gasteiger partial charge in [0.1, 0.15) is 0 Å². The van der Waals surface area contributed by atoms with Gasteiger partial charge in [0.15, 0.2) is 0 Å². The summed E-state index contributed by atoms with van der Waals surface area (Å²) in [6.45, 7) is 9.65. The van der Waals surface area contributed by atoms with Crippen molar-refractivity contribution in [2.45, 2.75) is 65.8 Å². The van der Waals surface area contributed by atoms with E-state index in [1.807, 2.05) is 15.5 Å². The van der Waals surface area contributed by atoms with Gasteiger partial charge in [-0.25, -0.2) is 0 Å². The van der Waals surface area contributed by atoms with E-state index >= 15 is 0 Å². The second kappa shape index (κ2) is 15.2.